The number of rotatable bonds is 7. The van der Waals surface area contributed by atoms with Crippen LogP contribution in [0.4, 0.5) is 0 Å². The molecule has 0 saturated heterocycles. The molecule has 3 N–H and O–H groups in total. The maximum Gasteiger partial charge on any atom is 0.0840 e. The number of nitrogens with two attached hydrogens (primary N) is 1. The Hall–Kier alpha value is -0.590. The highest BCUT2D eigenvalue weighted by atomic mass is 14.8. The molecule has 0 spiro atoms. The predicted octanol–water partition coefficient (Wildman–Crippen LogP) is 2.43. The maximum atomic E-state index is 8.05. The van der Waals surface area contributed by atoms with Crippen molar-refractivity contribution in [3.63, 3.8) is 0 Å². The number of hydrogen-bond donors (Lipinski definition) is 2. The molecule has 0 unspecified atom stereocenters. The molecule has 1 aliphatic carbocycles. The summed E-state index contributed by atoms with van der Waals surface area (Å²) in [5.74, 6) is 0. The van der Waals surface area contributed by atoms with E-state index < -0.39 is 0 Å². The molecule has 0 atom stereocenters. The molecule has 3 nitrogen and oxygen atoms in total. The van der Waals surface area contributed by atoms with Crippen molar-refractivity contribution < 1.29 is 0 Å². The first-order chi connectivity index (χ1) is 7.74. The molecular formula is C13H27N3. The number of hydrogen-bond acceptors (Lipinski definition) is 3. The Morgan fingerprint density at radius 1 is 1.31 bits per heavy atom. The molecule has 1 aliphatic rings. The molecule has 94 valence electrons. The van der Waals surface area contributed by atoms with Crippen LogP contribution in [0.25, 0.3) is 0 Å². The van der Waals surface area contributed by atoms with Crippen LogP contribution in [0.3, 0.4) is 0 Å². The minimum atomic E-state index is 0.486. The van der Waals surface area contributed by atoms with E-state index in [0.29, 0.717) is 12.0 Å². The van der Waals surface area contributed by atoms with Crippen molar-refractivity contribution in [3.8, 4) is 6.07 Å². The van der Waals surface area contributed by atoms with Gasteiger partial charge in [0.1, 0.15) is 0 Å². The monoisotopic (exact) mass is 225 g/mol. The van der Waals surface area contributed by atoms with Gasteiger partial charge in [0.15, 0.2) is 0 Å². The van der Waals surface area contributed by atoms with E-state index in [1.54, 1.807) is 0 Å². The fourth-order valence-corrected chi connectivity index (χ4v) is 1.71. The van der Waals surface area contributed by atoms with Gasteiger partial charge >= 0.3 is 0 Å². The lowest BCUT2D eigenvalue weighted by Crippen LogP contribution is -2.14. The highest BCUT2D eigenvalue weighted by molar-refractivity contribution is 4.92. The average molecular weight is 225 g/mol. The second kappa shape index (κ2) is 9.62. The zero-order valence-electron chi connectivity index (χ0n) is 10.9. The molecule has 0 heterocycles. The van der Waals surface area contributed by atoms with Crippen molar-refractivity contribution in [2.24, 2.45) is 11.1 Å². The summed E-state index contributed by atoms with van der Waals surface area (Å²) in [6.45, 7) is 6.74. The summed E-state index contributed by atoms with van der Waals surface area (Å²) >= 11 is 0. The molecule has 1 saturated carbocycles. The van der Waals surface area contributed by atoms with Gasteiger partial charge < -0.3 is 11.1 Å². The Bertz CT molecular complexity index is 192. The number of nitriles is 1. The van der Waals surface area contributed by atoms with Gasteiger partial charge in [-0.05, 0) is 44.2 Å². The Labute approximate surface area is 100 Å². The second-order valence-electron chi connectivity index (χ2n) is 4.64. The molecule has 1 fully saturated rings. The third-order valence-electron chi connectivity index (χ3n) is 3.08. The van der Waals surface area contributed by atoms with Gasteiger partial charge in [-0.1, -0.05) is 26.7 Å². The highest BCUT2D eigenvalue weighted by Gasteiger charge is 2.39. The van der Waals surface area contributed by atoms with E-state index in [4.69, 9.17) is 11.0 Å². The van der Waals surface area contributed by atoms with E-state index in [1.807, 2.05) is 6.07 Å². The lowest BCUT2D eigenvalue weighted by Gasteiger charge is -2.07. The van der Waals surface area contributed by atoms with Gasteiger partial charge in [-0.2, -0.15) is 5.26 Å². The molecule has 0 amide bonds. The first-order valence-electron chi connectivity index (χ1n) is 6.52. The molecule has 0 aliphatic heterocycles. The molecule has 0 bridgehead atoms. The zero-order valence-corrected chi connectivity index (χ0v) is 10.9. The topological polar surface area (TPSA) is 61.8 Å². The first kappa shape index (κ1) is 15.4. The number of nitrogens with one attached hydrogen (secondary N) is 1. The second-order valence-corrected chi connectivity index (χ2v) is 4.64. The van der Waals surface area contributed by atoms with Crippen LogP contribution in [-0.2, 0) is 0 Å². The molecule has 1 rings (SSSR count). The van der Waals surface area contributed by atoms with Crippen LogP contribution in [-0.4, -0.2) is 19.6 Å². The van der Waals surface area contributed by atoms with Crippen LogP contribution in [0, 0.1) is 16.7 Å². The molecule has 0 radical (unpaired) electrons. The maximum absolute atomic E-state index is 8.05. The minimum Gasteiger partial charge on any atom is -0.330 e. The summed E-state index contributed by atoms with van der Waals surface area (Å²) < 4.78 is 0. The fraction of sp³-hybridized carbons (Fsp3) is 0.923. The van der Waals surface area contributed by atoms with Gasteiger partial charge in [0.05, 0.1) is 12.6 Å². The third-order valence-corrected chi connectivity index (χ3v) is 3.08. The molecular weight excluding hydrogens is 198 g/mol. The van der Waals surface area contributed by atoms with Crippen LogP contribution in [0.2, 0.25) is 0 Å². The zero-order chi connectivity index (χ0) is 12.3. The summed E-state index contributed by atoms with van der Waals surface area (Å²) in [6, 6.07) is 2.02. The first-order valence-corrected chi connectivity index (χ1v) is 6.52. The summed E-state index contributed by atoms with van der Waals surface area (Å²) in [6.07, 6.45) is 7.79. The van der Waals surface area contributed by atoms with E-state index in [-0.39, 0.29) is 0 Å². The standard InChI is InChI=1S/C7H15N.C6H12N2/c1-2-3-7(6-8)4-5-7;1-2-3-5-8-6-4-7/h2-6,8H2,1H3;8H,2-3,5-6H2,1H3. The van der Waals surface area contributed by atoms with Crippen LogP contribution in [0.1, 0.15) is 52.4 Å². The van der Waals surface area contributed by atoms with Crippen molar-refractivity contribution in [1.29, 1.82) is 5.26 Å². The van der Waals surface area contributed by atoms with E-state index in [0.717, 1.165) is 13.1 Å². The smallest absolute Gasteiger partial charge is 0.0840 e. The van der Waals surface area contributed by atoms with Crippen molar-refractivity contribution in [3.05, 3.63) is 0 Å². The number of nitrogens with zero attached hydrogens (tertiary/aromatic N) is 1. The van der Waals surface area contributed by atoms with Crippen LogP contribution < -0.4 is 11.1 Å². The van der Waals surface area contributed by atoms with Crippen molar-refractivity contribution in [2.75, 3.05) is 19.6 Å². The largest absolute Gasteiger partial charge is 0.330 e. The summed E-state index contributed by atoms with van der Waals surface area (Å²) in [4.78, 5) is 0. The fourth-order valence-electron chi connectivity index (χ4n) is 1.71. The number of unbranched alkanes of at least 4 members (excludes halogenated alkanes) is 1. The quantitative estimate of drug-likeness (QED) is 0.516. The van der Waals surface area contributed by atoms with Crippen LogP contribution >= 0.6 is 0 Å². The Morgan fingerprint density at radius 2 is 2.00 bits per heavy atom. The average Bonchev–Trinajstić information content (AvgIpc) is 3.07. The predicted molar refractivity (Wildman–Crippen MR) is 69.0 cm³/mol. The Kier molecular flexibility index (Phi) is 9.27. The lowest BCUT2D eigenvalue weighted by molar-refractivity contribution is 0.472. The summed E-state index contributed by atoms with van der Waals surface area (Å²) in [7, 11) is 0. The SMILES string of the molecule is CCCC1(CN)CC1.CCCCNCC#N. The van der Waals surface area contributed by atoms with Crippen molar-refractivity contribution >= 4 is 0 Å². The molecule has 0 aromatic heterocycles. The van der Waals surface area contributed by atoms with Gasteiger partial charge in [-0.25, -0.2) is 0 Å². The third kappa shape index (κ3) is 7.67. The van der Waals surface area contributed by atoms with Gasteiger partial charge in [0, 0.05) is 0 Å². The van der Waals surface area contributed by atoms with E-state index in [9.17, 15) is 0 Å². The van der Waals surface area contributed by atoms with Crippen LogP contribution in [0.15, 0.2) is 0 Å². The van der Waals surface area contributed by atoms with Gasteiger partial charge in [0.25, 0.3) is 0 Å². The van der Waals surface area contributed by atoms with Crippen molar-refractivity contribution in [1.82, 2.24) is 5.32 Å². The highest BCUT2D eigenvalue weighted by Crippen LogP contribution is 2.48. The molecule has 3 heteroatoms. The molecule has 0 aromatic rings. The van der Waals surface area contributed by atoms with Gasteiger partial charge in [-0.3, -0.25) is 0 Å². The van der Waals surface area contributed by atoms with Gasteiger partial charge in [-0.15, -0.1) is 0 Å². The normalized spacial score (nSPS) is 15.9. The molecule has 16 heavy (non-hydrogen) atoms. The lowest BCUT2D eigenvalue weighted by atomic mass is 10.0. The van der Waals surface area contributed by atoms with E-state index in [1.165, 1.54) is 38.5 Å². The Balaban J connectivity index is 0.000000281. The Morgan fingerprint density at radius 3 is 2.31 bits per heavy atom. The van der Waals surface area contributed by atoms with Crippen LogP contribution in [0.5, 0.6) is 0 Å². The summed E-state index contributed by atoms with van der Waals surface area (Å²) in [5.41, 5.74) is 6.17. The van der Waals surface area contributed by atoms with Crippen molar-refractivity contribution in [2.45, 2.75) is 52.4 Å². The summed E-state index contributed by atoms with van der Waals surface area (Å²) in [5, 5.41) is 11.0. The van der Waals surface area contributed by atoms with E-state index >= 15 is 0 Å². The molecule has 0 aromatic carbocycles. The van der Waals surface area contributed by atoms with E-state index in [2.05, 4.69) is 19.2 Å². The minimum absolute atomic E-state index is 0.486. The van der Waals surface area contributed by atoms with Gasteiger partial charge in [0.2, 0.25) is 0 Å².